The summed E-state index contributed by atoms with van der Waals surface area (Å²) in [7, 11) is 0. The second-order valence-electron chi connectivity index (χ2n) is 5.12. The number of aromatic nitrogens is 1. The van der Waals surface area contributed by atoms with Gasteiger partial charge in [0.2, 0.25) is 0 Å². The minimum Gasteiger partial charge on any atom is -0.302 e. The third-order valence-electron chi connectivity index (χ3n) is 3.92. The largest absolute Gasteiger partial charge is 0.302 e. The molecule has 3 heteroatoms. The smallest absolute Gasteiger partial charge is 0.0541 e. The van der Waals surface area contributed by atoms with Crippen LogP contribution < -0.4 is 5.32 Å². The molecule has 1 saturated carbocycles. The van der Waals surface area contributed by atoms with Crippen molar-refractivity contribution in [2.75, 3.05) is 0 Å². The molecule has 1 N–H and O–H groups in total. The second kappa shape index (κ2) is 5.43. The summed E-state index contributed by atoms with van der Waals surface area (Å²) in [5.41, 5.74) is 2.62. The van der Waals surface area contributed by atoms with Gasteiger partial charge in [-0.15, -0.1) is 0 Å². The van der Waals surface area contributed by atoms with Gasteiger partial charge in [0, 0.05) is 22.8 Å². The van der Waals surface area contributed by atoms with Crippen molar-refractivity contribution in [3.8, 4) is 0 Å². The molecular formula is C16H17BrN2. The number of halogens is 1. The monoisotopic (exact) mass is 316 g/mol. The highest BCUT2D eigenvalue weighted by Gasteiger charge is 2.38. The van der Waals surface area contributed by atoms with E-state index in [2.05, 4.69) is 56.6 Å². The molecule has 0 aliphatic heterocycles. The normalized spacial score (nSPS) is 16.9. The van der Waals surface area contributed by atoms with E-state index in [-0.39, 0.29) is 5.54 Å². The lowest BCUT2D eigenvalue weighted by atomic mass is 9.72. The summed E-state index contributed by atoms with van der Waals surface area (Å²) in [5.74, 6) is 0. The number of benzene rings is 1. The Balaban J connectivity index is 1.77. The van der Waals surface area contributed by atoms with Gasteiger partial charge in [0.05, 0.1) is 5.69 Å². The Labute approximate surface area is 122 Å². The molecule has 0 unspecified atom stereocenters. The molecule has 0 bridgehead atoms. The van der Waals surface area contributed by atoms with Crippen LogP contribution in [0, 0.1) is 0 Å². The zero-order valence-corrected chi connectivity index (χ0v) is 12.4. The average Bonchev–Trinajstić information content (AvgIpc) is 2.39. The number of hydrogen-bond donors (Lipinski definition) is 1. The van der Waals surface area contributed by atoms with Crippen LogP contribution in [0.5, 0.6) is 0 Å². The highest BCUT2D eigenvalue weighted by molar-refractivity contribution is 9.10. The molecule has 98 valence electrons. The number of pyridine rings is 1. The fraction of sp³-hybridized carbons (Fsp3) is 0.312. The highest BCUT2D eigenvalue weighted by atomic mass is 79.9. The maximum absolute atomic E-state index is 4.38. The minimum absolute atomic E-state index is 0.140. The second-order valence-corrected chi connectivity index (χ2v) is 6.04. The molecule has 1 heterocycles. The molecule has 0 amide bonds. The van der Waals surface area contributed by atoms with Gasteiger partial charge < -0.3 is 5.32 Å². The topological polar surface area (TPSA) is 24.9 Å². The van der Waals surface area contributed by atoms with Crippen LogP contribution in [-0.2, 0) is 12.1 Å². The molecule has 1 aliphatic carbocycles. The van der Waals surface area contributed by atoms with Gasteiger partial charge in [-0.2, -0.15) is 0 Å². The Morgan fingerprint density at radius 1 is 1.16 bits per heavy atom. The number of rotatable bonds is 4. The quantitative estimate of drug-likeness (QED) is 0.921. The molecule has 3 rings (SSSR count). The Morgan fingerprint density at radius 3 is 2.68 bits per heavy atom. The van der Waals surface area contributed by atoms with Crippen molar-refractivity contribution in [3.63, 3.8) is 0 Å². The van der Waals surface area contributed by atoms with Crippen LogP contribution in [0.25, 0.3) is 0 Å². The lowest BCUT2D eigenvalue weighted by Gasteiger charge is -2.43. The minimum atomic E-state index is 0.140. The van der Waals surface area contributed by atoms with E-state index in [1.807, 2.05) is 18.3 Å². The number of nitrogens with zero attached hydrogens (tertiary/aromatic N) is 1. The molecule has 1 aromatic heterocycles. The van der Waals surface area contributed by atoms with Crippen LogP contribution in [0.4, 0.5) is 0 Å². The van der Waals surface area contributed by atoms with E-state index in [0.717, 1.165) is 16.7 Å². The first-order chi connectivity index (χ1) is 9.28. The predicted molar refractivity (Wildman–Crippen MR) is 80.7 cm³/mol. The van der Waals surface area contributed by atoms with Crippen LogP contribution in [0.15, 0.2) is 53.1 Å². The first kappa shape index (κ1) is 12.8. The lowest BCUT2D eigenvalue weighted by molar-refractivity contribution is 0.182. The maximum Gasteiger partial charge on any atom is 0.0541 e. The van der Waals surface area contributed by atoms with Crippen molar-refractivity contribution in [2.45, 2.75) is 31.3 Å². The molecular weight excluding hydrogens is 300 g/mol. The van der Waals surface area contributed by atoms with Crippen LogP contribution in [0.3, 0.4) is 0 Å². The molecule has 0 saturated heterocycles. The third kappa shape index (κ3) is 2.72. The Bertz CT molecular complexity index is 550. The first-order valence-electron chi connectivity index (χ1n) is 6.70. The van der Waals surface area contributed by atoms with E-state index in [9.17, 15) is 0 Å². The molecule has 0 atom stereocenters. The van der Waals surface area contributed by atoms with E-state index in [4.69, 9.17) is 0 Å². The zero-order valence-electron chi connectivity index (χ0n) is 10.8. The summed E-state index contributed by atoms with van der Waals surface area (Å²) in [4.78, 5) is 4.38. The lowest BCUT2D eigenvalue weighted by Crippen LogP contribution is -2.47. The van der Waals surface area contributed by atoms with Crippen molar-refractivity contribution in [1.82, 2.24) is 10.3 Å². The summed E-state index contributed by atoms with van der Waals surface area (Å²) in [6, 6.07) is 14.7. The van der Waals surface area contributed by atoms with Crippen molar-refractivity contribution >= 4 is 15.9 Å². The van der Waals surface area contributed by atoms with Gasteiger partial charge in [0.1, 0.15) is 0 Å². The van der Waals surface area contributed by atoms with Gasteiger partial charge in [-0.25, -0.2) is 0 Å². The summed E-state index contributed by atoms with van der Waals surface area (Å²) in [6.45, 7) is 0.827. The van der Waals surface area contributed by atoms with Gasteiger partial charge in [-0.1, -0.05) is 34.1 Å². The van der Waals surface area contributed by atoms with E-state index in [0.29, 0.717) is 0 Å². The summed E-state index contributed by atoms with van der Waals surface area (Å²) < 4.78 is 1.15. The summed E-state index contributed by atoms with van der Waals surface area (Å²) in [6.07, 6.45) is 5.55. The molecule has 2 nitrogen and oxygen atoms in total. The van der Waals surface area contributed by atoms with Crippen LogP contribution in [0.1, 0.15) is 30.5 Å². The van der Waals surface area contributed by atoms with Crippen LogP contribution >= 0.6 is 15.9 Å². The zero-order chi connectivity index (χ0) is 13.1. The van der Waals surface area contributed by atoms with Crippen molar-refractivity contribution in [2.24, 2.45) is 0 Å². The van der Waals surface area contributed by atoms with Crippen molar-refractivity contribution in [3.05, 3.63) is 64.4 Å². The van der Waals surface area contributed by atoms with Gasteiger partial charge >= 0.3 is 0 Å². The van der Waals surface area contributed by atoms with Gasteiger partial charge in [-0.3, -0.25) is 4.98 Å². The maximum atomic E-state index is 4.38. The van der Waals surface area contributed by atoms with Crippen molar-refractivity contribution in [1.29, 1.82) is 0 Å². The Hall–Kier alpha value is -1.19. The van der Waals surface area contributed by atoms with E-state index < -0.39 is 0 Å². The fourth-order valence-corrected chi connectivity index (χ4v) is 3.05. The van der Waals surface area contributed by atoms with E-state index in [1.165, 1.54) is 24.8 Å². The van der Waals surface area contributed by atoms with E-state index >= 15 is 0 Å². The molecule has 0 radical (unpaired) electrons. The number of nitrogens with one attached hydrogen (secondary N) is 1. The standard InChI is InChI=1S/C16H17BrN2/c17-14-6-3-5-13(11-14)16(8-4-9-16)19-12-15-7-1-2-10-18-15/h1-3,5-7,10-11,19H,4,8-9,12H2. The predicted octanol–water partition coefficient (Wildman–Crippen LogP) is 4.01. The highest BCUT2D eigenvalue weighted by Crippen LogP contribution is 2.42. The SMILES string of the molecule is Brc1cccc(C2(NCc3ccccn3)CCC2)c1. The molecule has 1 fully saturated rings. The molecule has 19 heavy (non-hydrogen) atoms. The van der Waals surface area contributed by atoms with Crippen LogP contribution in [-0.4, -0.2) is 4.98 Å². The van der Waals surface area contributed by atoms with Gasteiger partial charge in [0.25, 0.3) is 0 Å². The molecule has 2 aromatic rings. The average molecular weight is 317 g/mol. The molecule has 1 aromatic carbocycles. The van der Waals surface area contributed by atoms with Crippen molar-refractivity contribution < 1.29 is 0 Å². The molecule has 1 aliphatic rings. The third-order valence-corrected chi connectivity index (χ3v) is 4.41. The fourth-order valence-electron chi connectivity index (χ4n) is 2.65. The Kier molecular flexibility index (Phi) is 3.67. The first-order valence-corrected chi connectivity index (χ1v) is 7.49. The van der Waals surface area contributed by atoms with Crippen LogP contribution in [0.2, 0.25) is 0 Å². The van der Waals surface area contributed by atoms with Gasteiger partial charge in [0.15, 0.2) is 0 Å². The number of hydrogen-bond acceptors (Lipinski definition) is 2. The summed E-state index contributed by atoms with van der Waals surface area (Å²) in [5, 5.41) is 3.71. The van der Waals surface area contributed by atoms with Gasteiger partial charge in [-0.05, 0) is 49.1 Å². The summed E-state index contributed by atoms with van der Waals surface area (Å²) >= 11 is 3.56. The molecule has 0 spiro atoms. The van der Waals surface area contributed by atoms with E-state index in [1.54, 1.807) is 0 Å². The Morgan fingerprint density at radius 2 is 2.05 bits per heavy atom.